The van der Waals surface area contributed by atoms with Crippen molar-refractivity contribution in [3.05, 3.63) is 5.28 Å². The fourth-order valence-electron chi connectivity index (χ4n) is 2.70. The number of aliphatic hydroxyl groups is 1. The van der Waals surface area contributed by atoms with Gasteiger partial charge >= 0.3 is 0 Å². The van der Waals surface area contributed by atoms with Gasteiger partial charge in [-0.15, -0.1) is 0 Å². The molecule has 1 aliphatic heterocycles. The number of rotatable bonds is 5. The van der Waals surface area contributed by atoms with E-state index in [1.54, 1.807) is 0 Å². The molecule has 1 atom stereocenters. The van der Waals surface area contributed by atoms with E-state index >= 15 is 0 Å². The molecule has 1 aromatic rings. The van der Waals surface area contributed by atoms with Crippen molar-refractivity contribution in [2.75, 3.05) is 36.0 Å². The van der Waals surface area contributed by atoms with Crippen LogP contribution in [0.4, 0.5) is 11.9 Å². The minimum Gasteiger partial charge on any atom is -0.393 e. The molecule has 2 rings (SSSR count). The average Bonchev–Trinajstić information content (AvgIpc) is 2.48. The molecule has 2 heterocycles. The van der Waals surface area contributed by atoms with Crippen molar-refractivity contribution in [3.63, 3.8) is 0 Å². The molecule has 1 aromatic heterocycles. The summed E-state index contributed by atoms with van der Waals surface area (Å²) >= 11 is 6.05. The third kappa shape index (κ3) is 3.95. The van der Waals surface area contributed by atoms with E-state index in [1.807, 2.05) is 6.92 Å². The Kier molecular flexibility index (Phi) is 5.58. The SMILES string of the molecule is CCN(CC)c1nc(Cl)nc(N2CCC(C(C)O)CC2)n1. The number of hydrogen-bond acceptors (Lipinski definition) is 6. The van der Waals surface area contributed by atoms with Crippen molar-refractivity contribution in [2.24, 2.45) is 5.92 Å². The third-order valence-electron chi connectivity index (χ3n) is 4.14. The predicted molar refractivity (Wildman–Crippen MR) is 85.0 cm³/mol. The second-order valence-electron chi connectivity index (χ2n) is 5.44. The maximum atomic E-state index is 9.67. The number of nitrogens with zero attached hydrogens (tertiary/aromatic N) is 5. The molecule has 1 fully saturated rings. The van der Waals surface area contributed by atoms with Crippen LogP contribution in [0.1, 0.15) is 33.6 Å². The second kappa shape index (κ2) is 7.22. The largest absolute Gasteiger partial charge is 0.393 e. The molecule has 0 bridgehead atoms. The van der Waals surface area contributed by atoms with Crippen molar-refractivity contribution in [1.29, 1.82) is 0 Å². The Hall–Kier alpha value is -1.14. The number of piperidine rings is 1. The molecular weight excluding hydrogens is 290 g/mol. The van der Waals surface area contributed by atoms with Crippen LogP contribution in [0.15, 0.2) is 0 Å². The molecule has 118 valence electrons. The normalized spacial score (nSPS) is 17.9. The summed E-state index contributed by atoms with van der Waals surface area (Å²) in [5.41, 5.74) is 0. The highest BCUT2D eigenvalue weighted by atomic mass is 35.5. The molecule has 0 spiro atoms. The number of halogens is 1. The van der Waals surface area contributed by atoms with Crippen LogP contribution in [0, 0.1) is 5.92 Å². The van der Waals surface area contributed by atoms with Crippen molar-refractivity contribution >= 4 is 23.5 Å². The van der Waals surface area contributed by atoms with Gasteiger partial charge in [0, 0.05) is 26.2 Å². The molecule has 6 nitrogen and oxygen atoms in total. The summed E-state index contributed by atoms with van der Waals surface area (Å²) in [5.74, 6) is 1.63. The van der Waals surface area contributed by atoms with Crippen LogP contribution >= 0.6 is 11.6 Å². The first kappa shape index (κ1) is 16.2. The average molecular weight is 314 g/mol. The molecule has 1 N–H and O–H groups in total. The maximum Gasteiger partial charge on any atom is 0.231 e. The Morgan fingerprint density at radius 2 is 1.86 bits per heavy atom. The van der Waals surface area contributed by atoms with E-state index in [9.17, 15) is 5.11 Å². The highest BCUT2D eigenvalue weighted by Crippen LogP contribution is 2.24. The van der Waals surface area contributed by atoms with Crippen molar-refractivity contribution in [1.82, 2.24) is 15.0 Å². The minimum atomic E-state index is -0.250. The van der Waals surface area contributed by atoms with Crippen molar-refractivity contribution in [3.8, 4) is 0 Å². The molecule has 1 unspecified atom stereocenters. The Bertz CT molecular complexity index is 459. The lowest BCUT2D eigenvalue weighted by molar-refractivity contribution is 0.109. The van der Waals surface area contributed by atoms with Gasteiger partial charge in [0.25, 0.3) is 0 Å². The Balaban J connectivity index is 2.13. The van der Waals surface area contributed by atoms with Crippen molar-refractivity contribution < 1.29 is 5.11 Å². The highest BCUT2D eigenvalue weighted by molar-refractivity contribution is 6.28. The third-order valence-corrected chi connectivity index (χ3v) is 4.30. The monoisotopic (exact) mass is 313 g/mol. The van der Waals surface area contributed by atoms with Gasteiger partial charge in [0.05, 0.1) is 6.10 Å². The number of hydrogen-bond donors (Lipinski definition) is 1. The van der Waals surface area contributed by atoms with Crippen LogP contribution in [0.2, 0.25) is 5.28 Å². The van der Waals surface area contributed by atoms with Gasteiger partial charge in [-0.05, 0) is 51.1 Å². The highest BCUT2D eigenvalue weighted by Gasteiger charge is 2.25. The van der Waals surface area contributed by atoms with Gasteiger partial charge in [-0.1, -0.05) is 0 Å². The van der Waals surface area contributed by atoms with E-state index in [4.69, 9.17) is 11.6 Å². The summed E-state index contributed by atoms with van der Waals surface area (Å²) in [6.45, 7) is 9.34. The lowest BCUT2D eigenvalue weighted by Gasteiger charge is -2.33. The summed E-state index contributed by atoms with van der Waals surface area (Å²) < 4.78 is 0. The summed E-state index contributed by atoms with van der Waals surface area (Å²) in [4.78, 5) is 17.2. The number of anilines is 2. The second-order valence-corrected chi connectivity index (χ2v) is 5.78. The minimum absolute atomic E-state index is 0.236. The van der Waals surface area contributed by atoms with Gasteiger partial charge < -0.3 is 14.9 Å². The first-order chi connectivity index (χ1) is 10.0. The maximum absolute atomic E-state index is 9.67. The molecule has 21 heavy (non-hydrogen) atoms. The molecule has 7 heteroatoms. The van der Waals surface area contributed by atoms with Crippen molar-refractivity contribution in [2.45, 2.75) is 39.7 Å². The zero-order valence-corrected chi connectivity index (χ0v) is 13.7. The van der Waals surface area contributed by atoms with Crippen LogP contribution < -0.4 is 9.80 Å². The Labute approximate surface area is 131 Å². The molecular formula is C14H24ClN5O. The number of aliphatic hydroxyl groups excluding tert-OH is 1. The first-order valence-electron chi connectivity index (χ1n) is 7.64. The molecule has 0 amide bonds. The van der Waals surface area contributed by atoms with Crippen LogP contribution in [0.5, 0.6) is 0 Å². The summed E-state index contributed by atoms with van der Waals surface area (Å²) in [6, 6.07) is 0. The Morgan fingerprint density at radius 1 is 1.24 bits per heavy atom. The lowest BCUT2D eigenvalue weighted by atomic mass is 9.92. The van der Waals surface area contributed by atoms with Crippen LogP contribution in [-0.2, 0) is 0 Å². The first-order valence-corrected chi connectivity index (χ1v) is 8.02. The van der Waals surface area contributed by atoms with Gasteiger partial charge in [-0.25, -0.2) is 0 Å². The smallest absolute Gasteiger partial charge is 0.231 e. The topological polar surface area (TPSA) is 65.4 Å². The van der Waals surface area contributed by atoms with Gasteiger partial charge in [0.1, 0.15) is 0 Å². The zero-order valence-electron chi connectivity index (χ0n) is 13.0. The molecule has 1 aliphatic rings. The zero-order chi connectivity index (χ0) is 15.4. The molecule has 0 radical (unpaired) electrons. The molecule has 1 saturated heterocycles. The van der Waals surface area contributed by atoms with Gasteiger partial charge in [-0.2, -0.15) is 15.0 Å². The fourth-order valence-corrected chi connectivity index (χ4v) is 2.85. The van der Waals surface area contributed by atoms with Crippen LogP contribution in [0.25, 0.3) is 0 Å². The number of aromatic nitrogens is 3. The van der Waals surface area contributed by atoms with E-state index in [1.165, 1.54) is 0 Å². The summed E-state index contributed by atoms with van der Waals surface area (Å²) in [7, 11) is 0. The van der Waals surface area contributed by atoms with Crippen LogP contribution in [-0.4, -0.2) is 52.3 Å². The lowest BCUT2D eigenvalue weighted by Crippen LogP contribution is -2.38. The van der Waals surface area contributed by atoms with E-state index in [-0.39, 0.29) is 11.4 Å². The fraction of sp³-hybridized carbons (Fsp3) is 0.786. The predicted octanol–water partition coefficient (Wildman–Crippen LogP) is 1.97. The van der Waals surface area contributed by atoms with E-state index in [0.717, 1.165) is 39.0 Å². The molecule has 0 aromatic carbocycles. The molecule has 0 aliphatic carbocycles. The summed E-state index contributed by atoms with van der Waals surface area (Å²) in [5, 5.41) is 9.91. The van der Waals surface area contributed by atoms with E-state index in [2.05, 4.69) is 38.6 Å². The molecule has 0 saturated carbocycles. The van der Waals surface area contributed by atoms with E-state index < -0.39 is 0 Å². The van der Waals surface area contributed by atoms with E-state index in [0.29, 0.717) is 17.8 Å². The summed E-state index contributed by atoms with van der Waals surface area (Å²) in [6.07, 6.45) is 1.64. The Morgan fingerprint density at radius 3 is 2.38 bits per heavy atom. The van der Waals surface area contributed by atoms with Gasteiger partial charge in [0.15, 0.2) is 0 Å². The quantitative estimate of drug-likeness (QED) is 0.896. The van der Waals surface area contributed by atoms with Gasteiger partial charge in [0.2, 0.25) is 17.2 Å². The van der Waals surface area contributed by atoms with Crippen LogP contribution in [0.3, 0.4) is 0 Å². The van der Waals surface area contributed by atoms with Gasteiger partial charge in [-0.3, -0.25) is 0 Å². The standard InChI is InChI=1S/C14H24ClN5O/c1-4-19(5-2)13-16-12(15)17-14(18-13)20-8-6-11(7-9-20)10(3)21/h10-11,21H,4-9H2,1-3H3.